The topological polar surface area (TPSA) is 88.3 Å². The third-order valence-electron chi connectivity index (χ3n) is 2.21. The van der Waals surface area contributed by atoms with Gasteiger partial charge in [-0.2, -0.15) is 16.1 Å². The van der Waals surface area contributed by atoms with Gasteiger partial charge in [-0.25, -0.2) is 19.2 Å². The van der Waals surface area contributed by atoms with Crippen molar-refractivity contribution in [1.29, 1.82) is 0 Å². The van der Waals surface area contributed by atoms with Gasteiger partial charge in [0, 0.05) is 25.5 Å². The van der Waals surface area contributed by atoms with Crippen LogP contribution in [0.1, 0.15) is 0 Å². The summed E-state index contributed by atoms with van der Waals surface area (Å²) < 4.78 is 25.7. The van der Waals surface area contributed by atoms with Crippen LogP contribution in [0.4, 0.5) is 5.82 Å². The van der Waals surface area contributed by atoms with Gasteiger partial charge in [-0.15, -0.1) is 0 Å². The van der Waals surface area contributed by atoms with Crippen LogP contribution in [0, 0.1) is 0 Å². The molecule has 3 N–H and O–H groups in total. The van der Waals surface area contributed by atoms with Crippen molar-refractivity contribution < 1.29 is 8.42 Å². The van der Waals surface area contributed by atoms with Crippen molar-refractivity contribution in [2.24, 2.45) is 5.84 Å². The van der Waals surface area contributed by atoms with E-state index in [1.165, 1.54) is 16.6 Å². The van der Waals surface area contributed by atoms with Crippen LogP contribution in [-0.2, 0) is 10.0 Å². The first kappa shape index (κ1) is 14.2. The van der Waals surface area contributed by atoms with Crippen LogP contribution in [0.2, 0.25) is 0 Å². The highest BCUT2D eigenvalue weighted by Gasteiger charge is 2.23. The number of hydrogen-bond acceptors (Lipinski definition) is 6. The summed E-state index contributed by atoms with van der Waals surface area (Å²) in [6.07, 6.45) is 3.41. The summed E-state index contributed by atoms with van der Waals surface area (Å²) in [5.74, 6) is 6.14. The second kappa shape index (κ2) is 6.20. The maximum Gasteiger partial charge on any atom is 0.246 e. The summed E-state index contributed by atoms with van der Waals surface area (Å²) >= 11 is 1.59. The SMILES string of the molecule is CSCCN(C)S(=O)(=O)c1cccnc1NN. The predicted octanol–water partition coefficient (Wildman–Crippen LogP) is 0.351. The second-order valence-corrected chi connectivity index (χ2v) is 6.31. The number of thioether (sulfide) groups is 1. The lowest BCUT2D eigenvalue weighted by molar-refractivity contribution is 0.488. The Morgan fingerprint density at radius 3 is 2.88 bits per heavy atom. The third kappa shape index (κ3) is 3.32. The highest BCUT2D eigenvalue weighted by molar-refractivity contribution is 7.98. The number of anilines is 1. The van der Waals surface area contributed by atoms with Crippen molar-refractivity contribution in [3.05, 3.63) is 18.3 Å². The van der Waals surface area contributed by atoms with Crippen LogP contribution in [0.25, 0.3) is 0 Å². The van der Waals surface area contributed by atoms with Gasteiger partial charge in [-0.3, -0.25) is 0 Å². The summed E-state index contributed by atoms with van der Waals surface area (Å²) in [6.45, 7) is 0.447. The fourth-order valence-electron chi connectivity index (χ4n) is 1.22. The van der Waals surface area contributed by atoms with E-state index in [1.54, 1.807) is 24.9 Å². The zero-order chi connectivity index (χ0) is 12.9. The quantitative estimate of drug-likeness (QED) is 0.576. The molecule has 0 amide bonds. The number of rotatable bonds is 6. The molecule has 0 unspecified atom stereocenters. The van der Waals surface area contributed by atoms with Crippen LogP contribution in [-0.4, -0.2) is 43.3 Å². The molecule has 17 heavy (non-hydrogen) atoms. The van der Waals surface area contributed by atoms with Gasteiger partial charge in [-0.05, 0) is 18.4 Å². The average Bonchev–Trinajstić information content (AvgIpc) is 2.35. The largest absolute Gasteiger partial charge is 0.307 e. The van der Waals surface area contributed by atoms with E-state index in [-0.39, 0.29) is 10.7 Å². The van der Waals surface area contributed by atoms with E-state index < -0.39 is 10.0 Å². The molecule has 0 aliphatic heterocycles. The number of sulfonamides is 1. The number of hydrogen-bond donors (Lipinski definition) is 2. The molecule has 1 rings (SSSR count). The Labute approximate surface area is 106 Å². The van der Waals surface area contributed by atoms with E-state index in [0.717, 1.165) is 5.75 Å². The summed E-state index contributed by atoms with van der Waals surface area (Å²) in [5.41, 5.74) is 2.29. The molecule has 8 heteroatoms. The first-order valence-corrected chi connectivity index (χ1v) is 7.74. The minimum Gasteiger partial charge on any atom is -0.307 e. The zero-order valence-corrected chi connectivity index (χ0v) is 11.4. The molecule has 0 atom stereocenters. The van der Waals surface area contributed by atoms with Crippen molar-refractivity contribution in [2.45, 2.75) is 4.90 Å². The molecular weight excluding hydrogens is 260 g/mol. The standard InChI is InChI=1S/C9H16N4O2S2/c1-13(6-7-16-2)17(14,15)8-4-3-5-11-9(8)12-10/h3-5H,6-7,10H2,1-2H3,(H,11,12). The number of aromatic nitrogens is 1. The van der Waals surface area contributed by atoms with Crippen LogP contribution >= 0.6 is 11.8 Å². The smallest absolute Gasteiger partial charge is 0.246 e. The highest BCUT2D eigenvalue weighted by Crippen LogP contribution is 2.20. The van der Waals surface area contributed by atoms with Gasteiger partial charge >= 0.3 is 0 Å². The van der Waals surface area contributed by atoms with E-state index in [1.807, 2.05) is 6.26 Å². The molecule has 0 aromatic carbocycles. The molecule has 0 aliphatic rings. The molecule has 96 valence electrons. The van der Waals surface area contributed by atoms with Crippen molar-refractivity contribution in [3.8, 4) is 0 Å². The fourth-order valence-corrected chi connectivity index (χ4v) is 3.06. The van der Waals surface area contributed by atoms with Gasteiger partial charge in [0.2, 0.25) is 10.0 Å². The number of nitrogens with two attached hydrogens (primary N) is 1. The van der Waals surface area contributed by atoms with E-state index in [2.05, 4.69) is 10.4 Å². The van der Waals surface area contributed by atoms with Gasteiger partial charge < -0.3 is 5.43 Å². The Morgan fingerprint density at radius 1 is 1.59 bits per heavy atom. The molecule has 1 aromatic rings. The van der Waals surface area contributed by atoms with Crippen LogP contribution < -0.4 is 11.3 Å². The van der Waals surface area contributed by atoms with Crippen molar-refractivity contribution >= 4 is 27.6 Å². The molecule has 0 radical (unpaired) electrons. The number of nitrogens with one attached hydrogen (secondary N) is 1. The Morgan fingerprint density at radius 2 is 2.29 bits per heavy atom. The lowest BCUT2D eigenvalue weighted by Crippen LogP contribution is -2.30. The Hall–Kier alpha value is -0.830. The third-order valence-corrected chi connectivity index (χ3v) is 4.69. The molecule has 0 saturated heterocycles. The zero-order valence-electron chi connectivity index (χ0n) is 9.75. The maximum absolute atomic E-state index is 12.2. The maximum atomic E-state index is 12.2. The Kier molecular flexibility index (Phi) is 5.19. The van der Waals surface area contributed by atoms with Crippen molar-refractivity contribution in [2.75, 3.05) is 31.0 Å². The number of hydrazine groups is 1. The van der Waals surface area contributed by atoms with E-state index in [0.29, 0.717) is 6.54 Å². The number of nitrogen functional groups attached to an aromatic ring is 1. The molecule has 1 aromatic heterocycles. The van der Waals surface area contributed by atoms with Crippen molar-refractivity contribution in [1.82, 2.24) is 9.29 Å². The molecular formula is C9H16N4O2S2. The van der Waals surface area contributed by atoms with Crippen LogP contribution in [0.15, 0.2) is 23.2 Å². The lowest BCUT2D eigenvalue weighted by Gasteiger charge is -2.17. The van der Waals surface area contributed by atoms with Crippen molar-refractivity contribution in [3.63, 3.8) is 0 Å². The molecule has 0 saturated carbocycles. The van der Waals surface area contributed by atoms with Gasteiger partial charge in [0.15, 0.2) is 5.82 Å². The highest BCUT2D eigenvalue weighted by atomic mass is 32.2. The van der Waals surface area contributed by atoms with E-state index in [4.69, 9.17) is 5.84 Å². The van der Waals surface area contributed by atoms with Crippen LogP contribution in [0.5, 0.6) is 0 Å². The monoisotopic (exact) mass is 276 g/mol. The molecule has 0 spiro atoms. The Bertz CT molecular complexity index is 464. The first-order chi connectivity index (χ1) is 8.04. The van der Waals surface area contributed by atoms with Gasteiger partial charge in [0.1, 0.15) is 4.90 Å². The first-order valence-electron chi connectivity index (χ1n) is 4.91. The number of pyridine rings is 1. The normalized spacial score (nSPS) is 11.8. The molecule has 6 nitrogen and oxygen atoms in total. The molecule has 0 bridgehead atoms. The second-order valence-electron chi connectivity index (χ2n) is 3.31. The minimum absolute atomic E-state index is 0.0890. The average molecular weight is 276 g/mol. The van der Waals surface area contributed by atoms with Gasteiger partial charge in [-0.1, -0.05) is 0 Å². The predicted molar refractivity (Wildman–Crippen MR) is 70.2 cm³/mol. The molecule has 0 fully saturated rings. The van der Waals surface area contributed by atoms with Gasteiger partial charge in [0.05, 0.1) is 0 Å². The Balaban J connectivity index is 3.04. The lowest BCUT2D eigenvalue weighted by atomic mass is 10.5. The van der Waals surface area contributed by atoms with E-state index in [9.17, 15) is 8.42 Å². The van der Waals surface area contributed by atoms with E-state index >= 15 is 0 Å². The molecule has 0 aliphatic carbocycles. The summed E-state index contributed by atoms with van der Waals surface area (Å²) in [5, 5.41) is 0. The van der Waals surface area contributed by atoms with Gasteiger partial charge in [0.25, 0.3) is 0 Å². The summed E-state index contributed by atoms with van der Waals surface area (Å²) in [7, 11) is -2.00. The number of nitrogens with zero attached hydrogens (tertiary/aromatic N) is 2. The molecule has 1 heterocycles. The summed E-state index contributed by atoms with van der Waals surface area (Å²) in [6, 6.07) is 3.04. The fraction of sp³-hybridized carbons (Fsp3) is 0.444. The summed E-state index contributed by atoms with van der Waals surface area (Å²) in [4.78, 5) is 3.97. The minimum atomic E-state index is -3.54. The van der Waals surface area contributed by atoms with Crippen LogP contribution in [0.3, 0.4) is 0 Å².